The molecule has 2 rings (SSSR count). The van der Waals surface area contributed by atoms with Gasteiger partial charge in [0.15, 0.2) is 0 Å². The summed E-state index contributed by atoms with van der Waals surface area (Å²) in [4.78, 5) is 0.994. The zero-order valence-electron chi connectivity index (χ0n) is 10.1. The van der Waals surface area contributed by atoms with Crippen molar-refractivity contribution in [3.05, 3.63) is 37.7 Å². The first-order valence-corrected chi connectivity index (χ1v) is 7.01. The third-order valence-electron chi connectivity index (χ3n) is 2.71. The van der Waals surface area contributed by atoms with Gasteiger partial charge in [0.05, 0.1) is 15.6 Å². The summed E-state index contributed by atoms with van der Waals surface area (Å²) in [6.45, 7) is 3.99. The first-order chi connectivity index (χ1) is 7.97. The standard InChI is InChI=1S/C12H15BrN2OS/c1-7-4-11(17-12(7)13)10(16)6-9-5-8(2)14-15(9)3/h4-5,10,16H,6H2,1-3H3. The molecule has 0 aliphatic rings. The van der Waals surface area contributed by atoms with Crippen LogP contribution in [0.3, 0.4) is 0 Å². The van der Waals surface area contributed by atoms with Gasteiger partial charge in [-0.25, -0.2) is 0 Å². The topological polar surface area (TPSA) is 38.0 Å². The largest absolute Gasteiger partial charge is 0.387 e. The van der Waals surface area contributed by atoms with Crippen molar-refractivity contribution in [3.8, 4) is 0 Å². The van der Waals surface area contributed by atoms with Crippen molar-refractivity contribution in [2.24, 2.45) is 7.05 Å². The monoisotopic (exact) mass is 314 g/mol. The zero-order valence-corrected chi connectivity index (χ0v) is 12.5. The Hall–Kier alpha value is -0.650. The van der Waals surface area contributed by atoms with Crippen molar-refractivity contribution in [3.63, 3.8) is 0 Å². The van der Waals surface area contributed by atoms with Crippen molar-refractivity contribution >= 4 is 27.3 Å². The van der Waals surface area contributed by atoms with Crippen LogP contribution >= 0.6 is 27.3 Å². The molecule has 0 saturated carbocycles. The minimum Gasteiger partial charge on any atom is -0.387 e. The van der Waals surface area contributed by atoms with Crippen LogP contribution in [0.15, 0.2) is 15.9 Å². The fourth-order valence-electron chi connectivity index (χ4n) is 1.80. The van der Waals surface area contributed by atoms with Crippen molar-refractivity contribution in [1.82, 2.24) is 9.78 Å². The number of nitrogens with zero attached hydrogens (tertiary/aromatic N) is 2. The molecule has 5 heteroatoms. The van der Waals surface area contributed by atoms with Crippen LogP contribution < -0.4 is 0 Å². The molecular formula is C12H15BrN2OS. The summed E-state index contributed by atoms with van der Waals surface area (Å²) in [5.74, 6) is 0. The van der Waals surface area contributed by atoms with Gasteiger partial charge in [0.1, 0.15) is 0 Å². The van der Waals surface area contributed by atoms with Gasteiger partial charge < -0.3 is 5.11 Å². The minimum absolute atomic E-state index is 0.459. The molecule has 0 radical (unpaired) electrons. The van der Waals surface area contributed by atoms with E-state index in [-0.39, 0.29) is 0 Å². The molecule has 1 atom stereocenters. The van der Waals surface area contributed by atoms with Crippen LogP contribution in [0.5, 0.6) is 0 Å². The minimum atomic E-state index is -0.459. The lowest BCUT2D eigenvalue weighted by atomic mass is 10.1. The highest BCUT2D eigenvalue weighted by molar-refractivity contribution is 9.11. The van der Waals surface area contributed by atoms with E-state index in [0.29, 0.717) is 6.42 Å². The number of halogens is 1. The molecule has 2 heterocycles. The first kappa shape index (κ1) is 12.8. The Morgan fingerprint density at radius 2 is 2.18 bits per heavy atom. The van der Waals surface area contributed by atoms with Gasteiger partial charge in [-0.2, -0.15) is 5.10 Å². The fourth-order valence-corrected chi connectivity index (χ4v) is 3.36. The lowest BCUT2D eigenvalue weighted by Gasteiger charge is -2.08. The van der Waals surface area contributed by atoms with Crippen LogP contribution in [0.1, 0.15) is 27.9 Å². The molecule has 2 aromatic rings. The summed E-state index contributed by atoms with van der Waals surface area (Å²) < 4.78 is 2.92. The van der Waals surface area contributed by atoms with E-state index in [4.69, 9.17) is 0 Å². The number of thiophene rings is 1. The fraction of sp³-hybridized carbons (Fsp3) is 0.417. The Labute approximate surface area is 113 Å². The summed E-state index contributed by atoms with van der Waals surface area (Å²) in [5.41, 5.74) is 3.21. The van der Waals surface area contributed by atoms with Gasteiger partial charge in [-0.3, -0.25) is 4.68 Å². The Balaban J connectivity index is 2.16. The van der Waals surface area contributed by atoms with Crippen molar-refractivity contribution in [1.29, 1.82) is 0 Å². The van der Waals surface area contributed by atoms with Gasteiger partial charge in [0.2, 0.25) is 0 Å². The molecule has 0 bridgehead atoms. The summed E-state index contributed by atoms with van der Waals surface area (Å²) in [5, 5.41) is 14.5. The summed E-state index contributed by atoms with van der Waals surface area (Å²) >= 11 is 5.07. The summed E-state index contributed by atoms with van der Waals surface area (Å²) in [6, 6.07) is 4.04. The molecule has 0 amide bonds. The molecule has 0 spiro atoms. The molecule has 1 unspecified atom stereocenters. The van der Waals surface area contributed by atoms with Gasteiger partial charge in [-0.15, -0.1) is 11.3 Å². The van der Waals surface area contributed by atoms with Crippen LogP contribution in [-0.4, -0.2) is 14.9 Å². The highest BCUT2D eigenvalue weighted by atomic mass is 79.9. The number of rotatable bonds is 3. The molecule has 0 aromatic carbocycles. The molecule has 0 saturated heterocycles. The van der Waals surface area contributed by atoms with E-state index < -0.39 is 6.10 Å². The predicted molar refractivity (Wildman–Crippen MR) is 73.4 cm³/mol. The third kappa shape index (κ3) is 2.78. The van der Waals surface area contributed by atoms with Gasteiger partial charge >= 0.3 is 0 Å². The quantitative estimate of drug-likeness (QED) is 0.945. The number of aliphatic hydroxyl groups is 1. The predicted octanol–water partition coefficient (Wildman–Crippen LogP) is 3.14. The lowest BCUT2D eigenvalue weighted by molar-refractivity contribution is 0.179. The maximum atomic E-state index is 10.2. The van der Waals surface area contributed by atoms with Crippen LogP contribution in [-0.2, 0) is 13.5 Å². The molecule has 0 fully saturated rings. The number of aliphatic hydroxyl groups excluding tert-OH is 1. The van der Waals surface area contributed by atoms with Crippen molar-refractivity contribution < 1.29 is 5.11 Å². The maximum absolute atomic E-state index is 10.2. The summed E-state index contributed by atoms with van der Waals surface area (Å²) in [6.07, 6.45) is 0.142. The van der Waals surface area contributed by atoms with E-state index in [1.807, 2.05) is 37.7 Å². The highest BCUT2D eigenvalue weighted by Crippen LogP contribution is 2.32. The molecule has 2 aromatic heterocycles. The first-order valence-electron chi connectivity index (χ1n) is 5.41. The molecule has 92 valence electrons. The second-order valence-corrected chi connectivity index (χ2v) is 6.63. The van der Waals surface area contributed by atoms with E-state index in [1.54, 1.807) is 11.3 Å². The van der Waals surface area contributed by atoms with Crippen LogP contribution in [0, 0.1) is 13.8 Å². The van der Waals surface area contributed by atoms with E-state index >= 15 is 0 Å². The molecule has 0 aliphatic carbocycles. The second-order valence-electron chi connectivity index (χ2n) is 4.23. The molecule has 1 N–H and O–H groups in total. The van der Waals surface area contributed by atoms with Gasteiger partial charge in [-0.1, -0.05) is 0 Å². The molecule has 3 nitrogen and oxygen atoms in total. The van der Waals surface area contributed by atoms with Gasteiger partial charge in [-0.05, 0) is 47.5 Å². The Morgan fingerprint density at radius 1 is 1.47 bits per heavy atom. The summed E-state index contributed by atoms with van der Waals surface area (Å²) in [7, 11) is 1.91. The number of aryl methyl sites for hydroxylation is 3. The van der Waals surface area contributed by atoms with Gasteiger partial charge in [0, 0.05) is 24.0 Å². The second kappa shape index (κ2) is 4.92. The van der Waals surface area contributed by atoms with Crippen molar-refractivity contribution in [2.75, 3.05) is 0 Å². The lowest BCUT2D eigenvalue weighted by Crippen LogP contribution is -2.05. The van der Waals surface area contributed by atoms with Crippen LogP contribution in [0.4, 0.5) is 0 Å². The van der Waals surface area contributed by atoms with E-state index in [1.165, 1.54) is 5.56 Å². The van der Waals surface area contributed by atoms with E-state index in [2.05, 4.69) is 21.0 Å². The normalized spacial score (nSPS) is 13.0. The van der Waals surface area contributed by atoms with E-state index in [9.17, 15) is 5.11 Å². The maximum Gasteiger partial charge on any atom is 0.0937 e. The average molecular weight is 315 g/mol. The SMILES string of the molecule is Cc1cc(CC(O)c2cc(C)c(Br)s2)n(C)n1. The smallest absolute Gasteiger partial charge is 0.0937 e. The zero-order chi connectivity index (χ0) is 12.6. The number of aromatic nitrogens is 2. The molecular weight excluding hydrogens is 300 g/mol. The van der Waals surface area contributed by atoms with Crippen molar-refractivity contribution in [2.45, 2.75) is 26.4 Å². The van der Waals surface area contributed by atoms with E-state index in [0.717, 1.165) is 20.1 Å². The molecule has 17 heavy (non-hydrogen) atoms. The Kier molecular flexibility index (Phi) is 3.70. The number of hydrogen-bond acceptors (Lipinski definition) is 3. The average Bonchev–Trinajstić information content (AvgIpc) is 2.72. The van der Waals surface area contributed by atoms with Gasteiger partial charge in [0.25, 0.3) is 0 Å². The third-order valence-corrected chi connectivity index (χ3v) is 4.94. The van der Waals surface area contributed by atoms with Crippen LogP contribution in [0.25, 0.3) is 0 Å². The highest BCUT2D eigenvalue weighted by Gasteiger charge is 2.15. The van der Waals surface area contributed by atoms with Crippen LogP contribution in [0.2, 0.25) is 0 Å². The Bertz CT molecular complexity index is 513. The Morgan fingerprint density at radius 3 is 2.65 bits per heavy atom. The molecule has 0 aliphatic heterocycles. The number of hydrogen-bond donors (Lipinski definition) is 1.